The molecule has 110 valence electrons. The van der Waals surface area contributed by atoms with E-state index in [1.807, 2.05) is 0 Å². The SMILES string of the molecule is O=C(CF)C1CCC(C(=O)C(F)(F)S(=O)(=O)F)CC1. The number of rotatable bonds is 5. The lowest BCUT2D eigenvalue weighted by Crippen LogP contribution is -2.41. The molecule has 9 heteroatoms. The highest BCUT2D eigenvalue weighted by Gasteiger charge is 2.55. The van der Waals surface area contributed by atoms with E-state index in [1.54, 1.807) is 0 Å². The number of ketones is 2. The van der Waals surface area contributed by atoms with Gasteiger partial charge in [-0.2, -0.15) is 17.2 Å². The van der Waals surface area contributed by atoms with Gasteiger partial charge in [0.15, 0.2) is 5.78 Å². The van der Waals surface area contributed by atoms with Crippen LogP contribution in [0.15, 0.2) is 0 Å². The van der Waals surface area contributed by atoms with E-state index in [0.29, 0.717) is 0 Å². The second-order valence-electron chi connectivity index (χ2n) is 4.47. The van der Waals surface area contributed by atoms with Crippen molar-refractivity contribution in [3.05, 3.63) is 0 Å². The third kappa shape index (κ3) is 3.31. The zero-order valence-corrected chi connectivity index (χ0v) is 10.6. The van der Waals surface area contributed by atoms with Crippen molar-refractivity contribution in [3.63, 3.8) is 0 Å². The maximum atomic E-state index is 13.0. The number of hydrogen-bond acceptors (Lipinski definition) is 4. The van der Waals surface area contributed by atoms with E-state index >= 15 is 0 Å². The molecule has 0 N–H and O–H groups in total. The Kier molecular flexibility index (Phi) is 4.70. The summed E-state index contributed by atoms with van der Waals surface area (Å²) in [5, 5.41) is -5.06. The minimum atomic E-state index is -6.30. The summed E-state index contributed by atoms with van der Waals surface area (Å²) in [6.45, 7) is -1.17. The van der Waals surface area contributed by atoms with E-state index in [2.05, 4.69) is 0 Å². The quantitative estimate of drug-likeness (QED) is 0.573. The predicted octanol–water partition coefficient (Wildman–Crippen LogP) is 1.79. The number of alkyl halides is 3. The topological polar surface area (TPSA) is 68.3 Å². The second kappa shape index (κ2) is 5.56. The molecule has 1 saturated carbocycles. The zero-order valence-electron chi connectivity index (χ0n) is 9.74. The van der Waals surface area contributed by atoms with Gasteiger partial charge in [-0.15, -0.1) is 0 Å². The third-order valence-electron chi connectivity index (χ3n) is 3.28. The van der Waals surface area contributed by atoms with Gasteiger partial charge in [-0.25, -0.2) is 4.39 Å². The van der Waals surface area contributed by atoms with Gasteiger partial charge in [-0.05, 0) is 25.7 Å². The molecule has 0 saturated heterocycles. The van der Waals surface area contributed by atoms with Gasteiger partial charge in [0.2, 0.25) is 5.78 Å². The molecule has 19 heavy (non-hydrogen) atoms. The lowest BCUT2D eigenvalue weighted by atomic mass is 9.78. The smallest absolute Gasteiger partial charge is 0.296 e. The molecule has 0 aliphatic heterocycles. The molecule has 0 atom stereocenters. The number of halogens is 4. The molecule has 0 amide bonds. The Morgan fingerprint density at radius 2 is 1.47 bits per heavy atom. The summed E-state index contributed by atoms with van der Waals surface area (Å²) in [5.74, 6) is -4.65. The number of carbonyl (C=O) groups is 2. The summed E-state index contributed by atoms with van der Waals surface area (Å²) < 4.78 is 70.8. The van der Waals surface area contributed by atoms with Crippen molar-refractivity contribution in [1.82, 2.24) is 0 Å². The molecule has 0 aromatic rings. The summed E-state index contributed by atoms with van der Waals surface area (Å²) in [6.07, 6.45) is -0.330. The average Bonchev–Trinajstić information content (AvgIpc) is 2.35. The molecule has 4 nitrogen and oxygen atoms in total. The van der Waals surface area contributed by atoms with Crippen molar-refractivity contribution in [3.8, 4) is 0 Å². The molecular formula is C10H12F4O4S. The van der Waals surface area contributed by atoms with Crippen LogP contribution in [0.2, 0.25) is 0 Å². The van der Waals surface area contributed by atoms with E-state index in [0.717, 1.165) is 0 Å². The maximum absolute atomic E-state index is 13.0. The van der Waals surface area contributed by atoms with Crippen LogP contribution >= 0.6 is 0 Å². The molecule has 0 spiro atoms. The van der Waals surface area contributed by atoms with Crippen LogP contribution in [0.4, 0.5) is 17.1 Å². The fraction of sp³-hybridized carbons (Fsp3) is 0.800. The lowest BCUT2D eigenvalue weighted by Gasteiger charge is -2.27. The van der Waals surface area contributed by atoms with E-state index in [9.17, 15) is 35.1 Å². The van der Waals surface area contributed by atoms with E-state index in [-0.39, 0.29) is 25.7 Å². The molecule has 0 unspecified atom stereocenters. The van der Waals surface area contributed by atoms with Crippen LogP contribution in [-0.2, 0) is 19.8 Å². The molecule has 0 bridgehead atoms. The highest BCUT2D eigenvalue weighted by atomic mass is 32.3. The Morgan fingerprint density at radius 3 is 1.84 bits per heavy atom. The molecule has 0 aromatic carbocycles. The zero-order chi connectivity index (χ0) is 14.8. The highest BCUT2D eigenvalue weighted by molar-refractivity contribution is 7.88. The van der Waals surface area contributed by atoms with Crippen LogP contribution < -0.4 is 0 Å². The molecule has 1 rings (SSSR count). The normalized spacial score (nSPS) is 25.1. The average molecular weight is 304 g/mol. The van der Waals surface area contributed by atoms with Gasteiger partial charge in [-0.1, -0.05) is 3.89 Å². The van der Waals surface area contributed by atoms with Gasteiger partial charge in [0.05, 0.1) is 0 Å². The number of carbonyl (C=O) groups excluding carboxylic acids is 2. The third-order valence-corrected chi connectivity index (χ3v) is 4.09. The van der Waals surface area contributed by atoms with Crippen LogP contribution in [0, 0.1) is 11.8 Å². The predicted molar refractivity (Wildman–Crippen MR) is 56.4 cm³/mol. The first kappa shape index (κ1) is 16.1. The van der Waals surface area contributed by atoms with Gasteiger partial charge in [-0.3, -0.25) is 9.59 Å². The van der Waals surface area contributed by atoms with E-state index < -0.39 is 45.6 Å². The first-order valence-electron chi connectivity index (χ1n) is 5.56. The first-order valence-corrected chi connectivity index (χ1v) is 6.94. The maximum Gasteiger partial charge on any atom is 0.431 e. The standard InChI is InChI=1S/C10H12F4O4S/c11-5-8(15)6-1-3-7(4-2-6)9(16)10(12,13)19(14,17)18/h6-7H,1-5H2. The number of hydrogen-bond donors (Lipinski definition) is 0. The molecular weight excluding hydrogens is 292 g/mol. The lowest BCUT2D eigenvalue weighted by molar-refractivity contribution is -0.140. The van der Waals surface area contributed by atoms with Gasteiger partial charge in [0.1, 0.15) is 6.67 Å². The fourth-order valence-corrected chi connectivity index (χ4v) is 2.55. The van der Waals surface area contributed by atoms with Crippen molar-refractivity contribution in [1.29, 1.82) is 0 Å². The molecule has 0 heterocycles. The minimum Gasteiger partial charge on any atom is -0.296 e. The molecule has 0 aromatic heterocycles. The largest absolute Gasteiger partial charge is 0.431 e. The van der Waals surface area contributed by atoms with Gasteiger partial charge < -0.3 is 0 Å². The summed E-state index contributed by atoms with van der Waals surface area (Å²) in [7, 11) is -6.30. The van der Waals surface area contributed by atoms with Crippen molar-refractivity contribution in [2.45, 2.75) is 30.9 Å². The van der Waals surface area contributed by atoms with Crippen molar-refractivity contribution in [2.75, 3.05) is 6.67 Å². The Morgan fingerprint density at radius 1 is 1.05 bits per heavy atom. The molecule has 1 aliphatic rings. The monoisotopic (exact) mass is 304 g/mol. The summed E-state index contributed by atoms with van der Waals surface area (Å²) in [5.41, 5.74) is 0. The minimum absolute atomic E-state index is 0.0154. The second-order valence-corrected chi connectivity index (χ2v) is 5.86. The Balaban J connectivity index is 2.71. The highest BCUT2D eigenvalue weighted by Crippen LogP contribution is 2.36. The van der Waals surface area contributed by atoms with Crippen molar-refractivity contribution >= 4 is 21.8 Å². The van der Waals surface area contributed by atoms with Gasteiger partial charge in [0.25, 0.3) is 0 Å². The summed E-state index contributed by atoms with van der Waals surface area (Å²) in [6, 6.07) is 0. The van der Waals surface area contributed by atoms with E-state index in [4.69, 9.17) is 0 Å². The summed E-state index contributed by atoms with van der Waals surface area (Å²) >= 11 is 0. The van der Waals surface area contributed by atoms with Crippen LogP contribution in [0.5, 0.6) is 0 Å². The molecule has 1 aliphatic carbocycles. The van der Waals surface area contributed by atoms with Gasteiger partial charge >= 0.3 is 15.5 Å². The molecule has 1 fully saturated rings. The van der Waals surface area contributed by atoms with Crippen molar-refractivity contribution in [2.24, 2.45) is 11.8 Å². The fourth-order valence-electron chi connectivity index (χ4n) is 2.14. The van der Waals surface area contributed by atoms with E-state index in [1.165, 1.54) is 0 Å². The first-order chi connectivity index (χ1) is 8.61. The van der Waals surface area contributed by atoms with Crippen LogP contribution in [0.1, 0.15) is 25.7 Å². The Bertz CT molecular complexity index is 466. The van der Waals surface area contributed by atoms with Crippen LogP contribution in [-0.4, -0.2) is 31.9 Å². The molecule has 0 radical (unpaired) electrons. The van der Waals surface area contributed by atoms with Crippen LogP contribution in [0.3, 0.4) is 0 Å². The Labute approximate surface area is 107 Å². The summed E-state index contributed by atoms with van der Waals surface area (Å²) in [4.78, 5) is 22.3. The van der Waals surface area contributed by atoms with Crippen molar-refractivity contribution < 1.29 is 35.1 Å². The van der Waals surface area contributed by atoms with Gasteiger partial charge in [0, 0.05) is 11.8 Å². The number of Topliss-reactive ketones (excluding diaryl/α,β-unsaturated/α-hetero) is 2. The van der Waals surface area contributed by atoms with Crippen LogP contribution in [0.25, 0.3) is 0 Å². The Hall–Kier alpha value is -0.990.